The van der Waals surface area contributed by atoms with E-state index in [9.17, 15) is 9.59 Å². The Morgan fingerprint density at radius 2 is 1.74 bits per heavy atom. The fraction of sp³-hybridized carbons (Fsp3) is 0.867. The Labute approximate surface area is 116 Å². The van der Waals surface area contributed by atoms with Crippen molar-refractivity contribution in [1.29, 1.82) is 0 Å². The number of amides is 2. The third-order valence-corrected chi connectivity index (χ3v) is 3.86. The summed E-state index contributed by atoms with van der Waals surface area (Å²) < 4.78 is 0. The van der Waals surface area contributed by atoms with Crippen molar-refractivity contribution in [2.75, 3.05) is 0 Å². The highest BCUT2D eigenvalue weighted by Gasteiger charge is 2.28. The SMILES string of the molecule is CC(NC(=O)C(C)(C)C)C(=O)NC1CCCCC1C. The minimum Gasteiger partial charge on any atom is -0.351 e. The van der Waals surface area contributed by atoms with Gasteiger partial charge in [-0.15, -0.1) is 0 Å². The van der Waals surface area contributed by atoms with Crippen LogP contribution < -0.4 is 10.6 Å². The molecule has 1 rings (SSSR count). The van der Waals surface area contributed by atoms with Crippen LogP contribution in [0, 0.1) is 11.3 Å². The topological polar surface area (TPSA) is 58.2 Å². The zero-order valence-electron chi connectivity index (χ0n) is 12.9. The highest BCUT2D eigenvalue weighted by Crippen LogP contribution is 2.23. The van der Waals surface area contributed by atoms with Crippen molar-refractivity contribution in [3.63, 3.8) is 0 Å². The van der Waals surface area contributed by atoms with E-state index in [1.165, 1.54) is 19.3 Å². The maximum atomic E-state index is 12.1. The van der Waals surface area contributed by atoms with E-state index in [-0.39, 0.29) is 17.9 Å². The van der Waals surface area contributed by atoms with Gasteiger partial charge in [0.15, 0.2) is 0 Å². The number of nitrogens with one attached hydrogen (secondary N) is 2. The number of carbonyl (C=O) groups is 2. The molecule has 0 saturated heterocycles. The Morgan fingerprint density at radius 3 is 2.26 bits per heavy atom. The van der Waals surface area contributed by atoms with E-state index >= 15 is 0 Å². The zero-order valence-corrected chi connectivity index (χ0v) is 12.9. The first-order valence-corrected chi connectivity index (χ1v) is 7.33. The van der Waals surface area contributed by atoms with Gasteiger partial charge in [-0.1, -0.05) is 40.5 Å². The van der Waals surface area contributed by atoms with Crippen molar-refractivity contribution in [1.82, 2.24) is 10.6 Å². The van der Waals surface area contributed by atoms with E-state index in [4.69, 9.17) is 0 Å². The number of hydrogen-bond acceptors (Lipinski definition) is 2. The summed E-state index contributed by atoms with van der Waals surface area (Å²) in [6, 6.07) is -0.212. The van der Waals surface area contributed by atoms with Gasteiger partial charge in [0.05, 0.1) is 0 Å². The second-order valence-corrected chi connectivity index (χ2v) is 6.82. The Balaban J connectivity index is 2.46. The van der Waals surface area contributed by atoms with Gasteiger partial charge in [0.25, 0.3) is 0 Å². The largest absolute Gasteiger partial charge is 0.351 e. The standard InChI is InChI=1S/C15H28N2O2/c1-10-8-6-7-9-12(10)17-13(18)11(2)16-14(19)15(3,4)5/h10-12H,6-9H2,1-5H3,(H,16,19)(H,17,18). The molecule has 1 aliphatic carbocycles. The quantitative estimate of drug-likeness (QED) is 0.824. The van der Waals surface area contributed by atoms with Crippen LogP contribution >= 0.6 is 0 Å². The molecule has 0 heterocycles. The van der Waals surface area contributed by atoms with Gasteiger partial charge in [0, 0.05) is 11.5 Å². The summed E-state index contributed by atoms with van der Waals surface area (Å²) >= 11 is 0. The molecule has 0 aromatic heterocycles. The molecule has 1 fully saturated rings. The molecule has 2 amide bonds. The van der Waals surface area contributed by atoms with Gasteiger partial charge in [0.1, 0.15) is 6.04 Å². The Bertz CT molecular complexity index is 334. The van der Waals surface area contributed by atoms with Gasteiger partial charge in [-0.05, 0) is 25.7 Å². The maximum Gasteiger partial charge on any atom is 0.242 e. The molecule has 4 nitrogen and oxygen atoms in total. The molecule has 0 radical (unpaired) electrons. The third kappa shape index (κ3) is 4.84. The summed E-state index contributed by atoms with van der Waals surface area (Å²) in [5.74, 6) is 0.367. The van der Waals surface area contributed by atoms with Crippen LogP contribution in [0.1, 0.15) is 60.3 Å². The van der Waals surface area contributed by atoms with Crippen molar-refractivity contribution < 1.29 is 9.59 Å². The lowest BCUT2D eigenvalue weighted by Gasteiger charge is -2.31. The van der Waals surface area contributed by atoms with Gasteiger partial charge in [0.2, 0.25) is 11.8 Å². The number of hydrogen-bond donors (Lipinski definition) is 2. The predicted octanol–water partition coefficient (Wildman–Crippen LogP) is 2.23. The van der Waals surface area contributed by atoms with E-state index in [0.29, 0.717) is 5.92 Å². The maximum absolute atomic E-state index is 12.1. The molecular formula is C15H28N2O2. The fourth-order valence-electron chi connectivity index (χ4n) is 2.32. The Kier molecular flexibility index (Phi) is 5.39. The molecule has 0 spiro atoms. The van der Waals surface area contributed by atoms with Gasteiger partial charge in [-0.25, -0.2) is 0 Å². The Morgan fingerprint density at radius 1 is 1.16 bits per heavy atom. The molecule has 3 atom stereocenters. The molecule has 3 unspecified atom stereocenters. The summed E-state index contributed by atoms with van der Waals surface area (Å²) in [5, 5.41) is 5.84. The molecule has 1 saturated carbocycles. The van der Waals surface area contributed by atoms with Gasteiger partial charge in [-0.2, -0.15) is 0 Å². The van der Waals surface area contributed by atoms with Crippen LogP contribution in [0.25, 0.3) is 0 Å². The van der Waals surface area contributed by atoms with Crippen molar-refractivity contribution in [3.8, 4) is 0 Å². The molecule has 0 aliphatic heterocycles. The fourth-order valence-corrected chi connectivity index (χ4v) is 2.32. The van der Waals surface area contributed by atoms with Crippen LogP contribution in [0.4, 0.5) is 0 Å². The highest BCUT2D eigenvalue weighted by atomic mass is 16.2. The van der Waals surface area contributed by atoms with Crippen molar-refractivity contribution in [3.05, 3.63) is 0 Å². The lowest BCUT2D eigenvalue weighted by molar-refractivity contribution is -0.133. The number of carbonyl (C=O) groups excluding carboxylic acids is 2. The second kappa shape index (κ2) is 6.40. The van der Waals surface area contributed by atoms with E-state index in [1.807, 2.05) is 20.8 Å². The molecule has 110 valence electrons. The highest BCUT2D eigenvalue weighted by molar-refractivity contribution is 5.89. The minimum atomic E-state index is -0.471. The molecule has 4 heteroatoms. The summed E-state index contributed by atoms with van der Waals surface area (Å²) in [7, 11) is 0. The lowest BCUT2D eigenvalue weighted by atomic mass is 9.86. The van der Waals surface area contributed by atoms with Gasteiger partial charge in [-0.3, -0.25) is 9.59 Å². The molecule has 0 aromatic rings. The van der Waals surface area contributed by atoms with Crippen molar-refractivity contribution in [2.24, 2.45) is 11.3 Å². The zero-order chi connectivity index (χ0) is 14.6. The smallest absolute Gasteiger partial charge is 0.242 e. The van der Waals surface area contributed by atoms with Crippen LogP contribution in [-0.4, -0.2) is 23.9 Å². The predicted molar refractivity (Wildman–Crippen MR) is 76.6 cm³/mol. The van der Waals surface area contributed by atoms with Crippen LogP contribution in [0.5, 0.6) is 0 Å². The normalized spacial score (nSPS) is 25.5. The van der Waals surface area contributed by atoms with E-state index in [2.05, 4.69) is 17.6 Å². The summed E-state index contributed by atoms with van der Waals surface area (Å²) in [4.78, 5) is 23.9. The first-order valence-electron chi connectivity index (χ1n) is 7.33. The van der Waals surface area contributed by atoms with E-state index < -0.39 is 11.5 Å². The summed E-state index contributed by atoms with van der Waals surface area (Å²) in [6.07, 6.45) is 4.66. The first kappa shape index (κ1) is 16.0. The van der Waals surface area contributed by atoms with E-state index in [0.717, 1.165) is 6.42 Å². The molecule has 2 N–H and O–H groups in total. The Hall–Kier alpha value is -1.06. The average Bonchev–Trinajstić information content (AvgIpc) is 2.30. The monoisotopic (exact) mass is 268 g/mol. The molecule has 1 aliphatic rings. The van der Waals surface area contributed by atoms with Gasteiger partial charge < -0.3 is 10.6 Å². The van der Waals surface area contributed by atoms with E-state index in [1.54, 1.807) is 6.92 Å². The van der Waals surface area contributed by atoms with Gasteiger partial charge >= 0.3 is 0 Å². The summed E-state index contributed by atoms with van der Waals surface area (Å²) in [5.41, 5.74) is -0.466. The first-order chi connectivity index (χ1) is 8.71. The van der Waals surface area contributed by atoms with Crippen LogP contribution in [-0.2, 0) is 9.59 Å². The van der Waals surface area contributed by atoms with Crippen molar-refractivity contribution >= 4 is 11.8 Å². The van der Waals surface area contributed by atoms with Crippen LogP contribution in [0.3, 0.4) is 0 Å². The lowest BCUT2D eigenvalue weighted by Crippen LogP contribution is -2.52. The molecular weight excluding hydrogens is 240 g/mol. The minimum absolute atomic E-state index is 0.0728. The average molecular weight is 268 g/mol. The van der Waals surface area contributed by atoms with Crippen molar-refractivity contribution in [2.45, 2.75) is 72.4 Å². The van der Waals surface area contributed by atoms with Crippen LogP contribution in [0.15, 0.2) is 0 Å². The molecule has 0 aromatic carbocycles. The third-order valence-electron chi connectivity index (χ3n) is 3.86. The second-order valence-electron chi connectivity index (χ2n) is 6.82. The summed E-state index contributed by atoms with van der Waals surface area (Å²) in [6.45, 7) is 9.46. The molecule has 0 bridgehead atoms. The van der Waals surface area contributed by atoms with Crippen LogP contribution in [0.2, 0.25) is 0 Å². The number of rotatable bonds is 3. The molecule has 19 heavy (non-hydrogen) atoms.